The van der Waals surface area contributed by atoms with Crippen molar-refractivity contribution in [2.24, 2.45) is 5.92 Å². The molecule has 0 radical (unpaired) electrons. The Morgan fingerprint density at radius 3 is 2.00 bits per heavy atom. The predicted octanol–water partition coefficient (Wildman–Crippen LogP) is 3.89. The zero-order valence-electron chi connectivity index (χ0n) is 23.9. The van der Waals surface area contributed by atoms with Gasteiger partial charge in [-0.2, -0.15) is 26.3 Å². The summed E-state index contributed by atoms with van der Waals surface area (Å²) in [5.74, 6) is -5.06. The number of alkyl halides is 6. The molecule has 1 saturated heterocycles. The molecule has 2 heterocycles. The van der Waals surface area contributed by atoms with Crippen molar-refractivity contribution in [3.05, 3.63) is 53.5 Å². The van der Waals surface area contributed by atoms with Gasteiger partial charge in [-0.05, 0) is 18.4 Å². The number of aliphatic carboxylic acids is 2. The SMILES string of the molecule is COC(=O)c1cnc(N2CCN(C(=O)NCc3cccc(C)c3)C(C(C)C)C2)cn1.O=C(O)C(F)(F)F.O=C(O)C(F)(F)F. The Kier molecular flexibility index (Phi) is 13.8. The number of ether oxygens (including phenoxy) is 1. The topological polar surface area (TPSA) is 162 Å². The number of nitrogens with one attached hydrogen (secondary N) is 1. The minimum absolute atomic E-state index is 0.0401. The number of benzene rings is 1. The highest BCUT2D eigenvalue weighted by Gasteiger charge is 2.39. The van der Waals surface area contributed by atoms with Crippen LogP contribution in [0.4, 0.5) is 37.0 Å². The number of rotatable bonds is 5. The lowest BCUT2D eigenvalue weighted by molar-refractivity contribution is -0.193. The van der Waals surface area contributed by atoms with Crippen LogP contribution >= 0.6 is 0 Å². The summed E-state index contributed by atoms with van der Waals surface area (Å²) in [6, 6.07) is 8.12. The Bertz CT molecular complexity index is 1250. The first kappa shape index (κ1) is 37.4. The first-order valence-corrected chi connectivity index (χ1v) is 12.6. The normalized spacial score (nSPS) is 14.8. The Morgan fingerprint density at radius 2 is 1.57 bits per heavy atom. The zero-order chi connectivity index (χ0) is 33.8. The van der Waals surface area contributed by atoms with Crippen LogP contribution in [0.3, 0.4) is 0 Å². The number of aromatic nitrogens is 2. The summed E-state index contributed by atoms with van der Waals surface area (Å²) in [6.45, 7) is 8.66. The highest BCUT2D eigenvalue weighted by atomic mass is 19.4. The molecule has 2 amide bonds. The van der Waals surface area contributed by atoms with Gasteiger partial charge in [0.2, 0.25) is 0 Å². The molecule has 44 heavy (non-hydrogen) atoms. The van der Waals surface area contributed by atoms with Gasteiger partial charge in [-0.25, -0.2) is 29.1 Å². The number of piperazine rings is 1. The second kappa shape index (κ2) is 16.3. The number of nitrogens with zero attached hydrogens (tertiary/aromatic N) is 4. The summed E-state index contributed by atoms with van der Waals surface area (Å²) < 4.78 is 68.1. The fourth-order valence-corrected chi connectivity index (χ4v) is 3.64. The number of anilines is 1. The van der Waals surface area contributed by atoms with Crippen molar-refractivity contribution in [3.8, 4) is 0 Å². The summed E-state index contributed by atoms with van der Waals surface area (Å²) in [4.78, 5) is 54.7. The number of esters is 1. The number of urea groups is 1. The van der Waals surface area contributed by atoms with E-state index in [1.807, 2.05) is 30.0 Å². The molecule has 2 aromatic rings. The van der Waals surface area contributed by atoms with Crippen LogP contribution in [0.5, 0.6) is 0 Å². The number of halogens is 6. The van der Waals surface area contributed by atoms with Gasteiger partial charge in [0.05, 0.1) is 25.5 Å². The second-order valence-electron chi connectivity index (χ2n) is 9.46. The molecule has 1 atom stereocenters. The minimum atomic E-state index is -5.08. The molecule has 1 unspecified atom stereocenters. The van der Waals surface area contributed by atoms with E-state index in [0.29, 0.717) is 32.0 Å². The molecule has 1 aromatic heterocycles. The van der Waals surface area contributed by atoms with Gasteiger partial charge in [0.25, 0.3) is 0 Å². The van der Waals surface area contributed by atoms with Crippen LogP contribution in [0.15, 0.2) is 36.7 Å². The first-order valence-electron chi connectivity index (χ1n) is 12.6. The van der Waals surface area contributed by atoms with E-state index in [2.05, 4.69) is 44.8 Å². The minimum Gasteiger partial charge on any atom is -0.475 e. The Balaban J connectivity index is 0.000000574. The predicted molar refractivity (Wildman–Crippen MR) is 142 cm³/mol. The molecule has 0 saturated carbocycles. The van der Waals surface area contributed by atoms with Gasteiger partial charge in [-0.3, -0.25) is 0 Å². The average molecular weight is 640 g/mol. The summed E-state index contributed by atoms with van der Waals surface area (Å²) in [5, 5.41) is 17.3. The highest BCUT2D eigenvalue weighted by molar-refractivity contribution is 5.86. The average Bonchev–Trinajstić information content (AvgIpc) is 2.95. The summed E-state index contributed by atoms with van der Waals surface area (Å²) in [5.41, 5.74) is 2.44. The van der Waals surface area contributed by atoms with Crippen molar-refractivity contribution in [2.75, 3.05) is 31.6 Å². The van der Waals surface area contributed by atoms with E-state index in [1.54, 1.807) is 6.20 Å². The zero-order valence-corrected chi connectivity index (χ0v) is 23.9. The molecule has 244 valence electrons. The second-order valence-corrected chi connectivity index (χ2v) is 9.46. The fourth-order valence-electron chi connectivity index (χ4n) is 3.64. The molecule has 0 spiro atoms. The molecule has 1 aliphatic heterocycles. The molecule has 0 aliphatic carbocycles. The van der Waals surface area contributed by atoms with E-state index < -0.39 is 30.3 Å². The van der Waals surface area contributed by atoms with E-state index in [1.165, 1.54) is 18.9 Å². The van der Waals surface area contributed by atoms with Gasteiger partial charge in [0.15, 0.2) is 5.69 Å². The molecular weight excluding hydrogens is 608 g/mol. The Labute approximate surface area is 247 Å². The lowest BCUT2D eigenvalue weighted by Gasteiger charge is -2.43. The third-order valence-electron chi connectivity index (χ3n) is 5.82. The summed E-state index contributed by atoms with van der Waals surface area (Å²) in [6.07, 6.45) is -7.16. The number of hydrogen-bond acceptors (Lipinski definition) is 8. The third kappa shape index (κ3) is 12.3. The van der Waals surface area contributed by atoms with Gasteiger partial charge in [-0.1, -0.05) is 43.7 Å². The number of aryl methyl sites for hydroxylation is 1. The smallest absolute Gasteiger partial charge is 0.475 e. The van der Waals surface area contributed by atoms with Gasteiger partial charge in [0, 0.05) is 26.2 Å². The first-order chi connectivity index (χ1) is 20.3. The van der Waals surface area contributed by atoms with Crippen LogP contribution in [0.2, 0.25) is 0 Å². The molecule has 0 bridgehead atoms. The van der Waals surface area contributed by atoms with Crippen molar-refractivity contribution in [3.63, 3.8) is 0 Å². The number of carbonyl (C=O) groups excluding carboxylic acids is 2. The fraction of sp³-hybridized carbons (Fsp3) is 0.462. The van der Waals surface area contributed by atoms with Gasteiger partial charge < -0.3 is 30.1 Å². The molecule has 12 nitrogen and oxygen atoms in total. The van der Waals surface area contributed by atoms with Crippen LogP contribution in [0.1, 0.15) is 35.5 Å². The monoisotopic (exact) mass is 639 g/mol. The van der Waals surface area contributed by atoms with E-state index in [0.717, 1.165) is 5.56 Å². The highest BCUT2D eigenvalue weighted by Crippen LogP contribution is 2.21. The summed E-state index contributed by atoms with van der Waals surface area (Å²) >= 11 is 0. The maximum atomic E-state index is 12.9. The lowest BCUT2D eigenvalue weighted by atomic mass is 10.00. The number of carbonyl (C=O) groups is 4. The van der Waals surface area contributed by atoms with Crippen LogP contribution in [-0.4, -0.2) is 94.2 Å². The number of amides is 2. The molecule has 3 N–H and O–H groups in total. The number of methoxy groups -OCH3 is 1. The maximum absolute atomic E-state index is 12.9. The van der Waals surface area contributed by atoms with E-state index in [-0.39, 0.29) is 23.7 Å². The molecule has 3 rings (SSSR count). The van der Waals surface area contributed by atoms with Crippen molar-refractivity contribution >= 4 is 29.8 Å². The van der Waals surface area contributed by atoms with Crippen LogP contribution in [0, 0.1) is 12.8 Å². The molecule has 1 aliphatic rings. The Hall–Kier alpha value is -4.64. The van der Waals surface area contributed by atoms with Crippen LogP contribution < -0.4 is 10.2 Å². The number of carboxylic acids is 2. The Morgan fingerprint density at radius 1 is 1.00 bits per heavy atom. The summed E-state index contributed by atoms with van der Waals surface area (Å²) in [7, 11) is 1.31. The lowest BCUT2D eigenvalue weighted by Crippen LogP contribution is -2.59. The molecule has 1 aromatic carbocycles. The van der Waals surface area contributed by atoms with E-state index in [9.17, 15) is 35.9 Å². The van der Waals surface area contributed by atoms with Gasteiger partial charge in [-0.15, -0.1) is 0 Å². The van der Waals surface area contributed by atoms with Crippen molar-refractivity contribution in [2.45, 2.75) is 45.7 Å². The molecular formula is C26H31F6N5O7. The molecule has 18 heteroatoms. The largest absolute Gasteiger partial charge is 0.490 e. The van der Waals surface area contributed by atoms with E-state index in [4.69, 9.17) is 19.8 Å². The molecule has 1 fully saturated rings. The van der Waals surface area contributed by atoms with Crippen LogP contribution in [-0.2, 0) is 20.9 Å². The number of hydrogen-bond donors (Lipinski definition) is 3. The van der Waals surface area contributed by atoms with Crippen molar-refractivity contribution in [1.82, 2.24) is 20.2 Å². The van der Waals surface area contributed by atoms with E-state index >= 15 is 0 Å². The third-order valence-corrected chi connectivity index (χ3v) is 5.82. The van der Waals surface area contributed by atoms with Gasteiger partial charge in [0.1, 0.15) is 5.82 Å². The van der Waals surface area contributed by atoms with Gasteiger partial charge >= 0.3 is 36.3 Å². The van der Waals surface area contributed by atoms with Crippen molar-refractivity contribution in [1.29, 1.82) is 0 Å². The number of carboxylic acid groups (broad SMARTS) is 2. The van der Waals surface area contributed by atoms with Crippen molar-refractivity contribution < 1.29 is 60.5 Å². The van der Waals surface area contributed by atoms with Crippen LogP contribution in [0.25, 0.3) is 0 Å². The standard InChI is InChI=1S/C22H29N5O3.2C2HF3O2/c1-15(2)19-14-26(20-13-23-18(12-24-20)21(28)30-4)8-9-27(19)22(29)25-11-17-7-5-6-16(3)10-17;2*3-2(4,5)1(6)7/h5-7,10,12-13,15,19H,8-9,11,14H2,1-4H3,(H,25,29);2*(H,6,7). The quantitative estimate of drug-likeness (QED) is 0.323. The maximum Gasteiger partial charge on any atom is 0.490 e.